The standard InChI is InChI=1S/C25H41N3O8S/c1-16(2)14-19(28-24(32)36-25(3,4)12-10-17-8-6-5-7-9-17)22(30)27-20(23(31)37(33,34)35)15-18-11-13-26-21(18)29/h5-9,16,18-21,23,26,29,31H,10-15H2,1-4H3,(H,27,30)(H,28,32)(H,33,34,35)/t18-,19-,20-,21?,23?/m0/s1. The molecule has 2 unspecified atom stereocenters. The normalized spacial score (nSPS) is 20.8. The number of ether oxygens (including phenoxy) is 1. The quantitative estimate of drug-likeness (QED) is 0.202. The minimum Gasteiger partial charge on any atom is -0.444 e. The SMILES string of the molecule is CC(C)C[C@H](NC(=O)OC(C)(C)CCc1ccccc1)C(=O)N[C@@H](C[C@@H]1CCNC1O)C(O)S(=O)(=O)O. The third kappa shape index (κ3) is 10.6. The van der Waals surface area contributed by atoms with Crippen molar-refractivity contribution < 1.29 is 37.5 Å². The molecule has 6 N–H and O–H groups in total. The van der Waals surface area contributed by atoms with Crippen molar-refractivity contribution in [2.45, 2.75) is 89.1 Å². The third-order valence-corrected chi connectivity index (χ3v) is 7.33. The average Bonchev–Trinajstić information content (AvgIpc) is 3.20. The van der Waals surface area contributed by atoms with E-state index in [4.69, 9.17) is 4.74 Å². The molecule has 5 atom stereocenters. The number of alkyl carbamates (subject to hydrolysis) is 1. The Morgan fingerprint density at radius 1 is 1.19 bits per heavy atom. The molecule has 37 heavy (non-hydrogen) atoms. The molecule has 0 radical (unpaired) electrons. The number of nitrogens with one attached hydrogen (secondary N) is 3. The maximum atomic E-state index is 13.1. The van der Waals surface area contributed by atoms with Crippen molar-refractivity contribution in [3.63, 3.8) is 0 Å². The predicted octanol–water partition coefficient (Wildman–Crippen LogP) is 1.55. The summed E-state index contributed by atoms with van der Waals surface area (Å²) in [6.07, 6.45) is 0.0933. The highest BCUT2D eigenvalue weighted by Crippen LogP contribution is 2.23. The van der Waals surface area contributed by atoms with Crippen LogP contribution in [0.5, 0.6) is 0 Å². The van der Waals surface area contributed by atoms with E-state index in [1.54, 1.807) is 13.8 Å². The number of benzene rings is 1. The molecule has 0 saturated carbocycles. The summed E-state index contributed by atoms with van der Waals surface area (Å²) in [5, 5.41) is 28.1. The number of rotatable bonds is 13. The van der Waals surface area contributed by atoms with Crippen LogP contribution in [-0.2, 0) is 26.1 Å². The highest BCUT2D eigenvalue weighted by molar-refractivity contribution is 7.86. The van der Waals surface area contributed by atoms with Gasteiger partial charge < -0.3 is 25.6 Å². The number of amides is 2. The molecule has 1 saturated heterocycles. The number of aliphatic hydroxyl groups is 2. The Bertz CT molecular complexity index is 987. The maximum absolute atomic E-state index is 13.1. The van der Waals surface area contributed by atoms with Crippen LogP contribution in [0.25, 0.3) is 0 Å². The summed E-state index contributed by atoms with van der Waals surface area (Å²) in [7, 11) is -4.91. The second-order valence-corrected chi connectivity index (χ2v) is 12.2. The van der Waals surface area contributed by atoms with E-state index in [0.717, 1.165) is 5.56 Å². The first kappa shape index (κ1) is 31.0. The average molecular weight is 544 g/mol. The zero-order valence-electron chi connectivity index (χ0n) is 21.9. The third-order valence-electron chi connectivity index (χ3n) is 6.39. The Balaban J connectivity index is 2.07. The highest BCUT2D eigenvalue weighted by Gasteiger charge is 2.38. The van der Waals surface area contributed by atoms with Crippen molar-refractivity contribution in [1.82, 2.24) is 16.0 Å². The van der Waals surface area contributed by atoms with Crippen molar-refractivity contribution >= 4 is 22.1 Å². The predicted molar refractivity (Wildman–Crippen MR) is 138 cm³/mol. The van der Waals surface area contributed by atoms with Gasteiger partial charge >= 0.3 is 6.09 Å². The smallest absolute Gasteiger partial charge is 0.408 e. The van der Waals surface area contributed by atoms with Gasteiger partial charge in [0.2, 0.25) is 11.3 Å². The van der Waals surface area contributed by atoms with E-state index >= 15 is 0 Å². The topological polar surface area (TPSA) is 174 Å². The molecule has 2 rings (SSSR count). The first-order chi connectivity index (χ1) is 17.2. The lowest BCUT2D eigenvalue weighted by Gasteiger charge is -2.30. The molecule has 1 aliphatic heterocycles. The van der Waals surface area contributed by atoms with Crippen LogP contribution in [0.4, 0.5) is 4.79 Å². The van der Waals surface area contributed by atoms with E-state index in [1.165, 1.54) is 0 Å². The van der Waals surface area contributed by atoms with Gasteiger partial charge in [-0.2, -0.15) is 8.42 Å². The Kier molecular flexibility index (Phi) is 11.3. The Labute approximate surface area is 219 Å². The van der Waals surface area contributed by atoms with Crippen molar-refractivity contribution in [3.05, 3.63) is 35.9 Å². The summed E-state index contributed by atoms with van der Waals surface area (Å²) in [5.74, 6) is -1.21. The van der Waals surface area contributed by atoms with Crippen LogP contribution >= 0.6 is 0 Å². The fourth-order valence-corrected chi connectivity index (χ4v) is 4.91. The lowest BCUT2D eigenvalue weighted by molar-refractivity contribution is -0.125. The van der Waals surface area contributed by atoms with Gasteiger partial charge in [0, 0.05) is 5.92 Å². The lowest BCUT2D eigenvalue weighted by atomic mass is 9.97. The Morgan fingerprint density at radius 2 is 1.84 bits per heavy atom. The van der Waals surface area contributed by atoms with Gasteiger partial charge in [0.25, 0.3) is 10.1 Å². The minimum absolute atomic E-state index is 0.0204. The van der Waals surface area contributed by atoms with Crippen LogP contribution in [0, 0.1) is 11.8 Å². The van der Waals surface area contributed by atoms with Gasteiger partial charge in [-0.25, -0.2) is 4.79 Å². The lowest BCUT2D eigenvalue weighted by Crippen LogP contribution is -2.55. The van der Waals surface area contributed by atoms with Crippen molar-refractivity contribution in [3.8, 4) is 0 Å². The van der Waals surface area contributed by atoms with Gasteiger partial charge in [0.05, 0.1) is 6.04 Å². The van der Waals surface area contributed by atoms with Crippen LogP contribution in [0.3, 0.4) is 0 Å². The van der Waals surface area contributed by atoms with Gasteiger partial charge in [-0.15, -0.1) is 0 Å². The van der Waals surface area contributed by atoms with Gasteiger partial charge in [0.1, 0.15) is 17.9 Å². The van der Waals surface area contributed by atoms with Crippen LogP contribution in [-0.4, -0.2) is 71.1 Å². The summed E-state index contributed by atoms with van der Waals surface area (Å²) in [6.45, 7) is 7.72. The van der Waals surface area contributed by atoms with E-state index in [1.807, 2.05) is 44.2 Å². The summed E-state index contributed by atoms with van der Waals surface area (Å²) in [4.78, 5) is 25.9. The number of aliphatic hydroxyl groups excluding tert-OH is 2. The van der Waals surface area contributed by atoms with Crippen LogP contribution in [0.2, 0.25) is 0 Å². The van der Waals surface area contributed by atoms with E-state index in [2.05, 4.69) is 16.0 Å². The Hall–Kier alpha value is -2.25. The van der Waals surface area contributed by atoms with E-state index in [9.17, 15) is 32.8 Å². The number of aryl methyl sites for hydroxylation is 1. The molecule has 11 nitrogen and oxygen atoms in total. The summed E-state index contributed by atoms with van der Waals surface area (Å²) >= 11 is 0. The zero-order valence-corrected chi connectivity index (χ0v) is 22.7. The molecule has 12 heteroatoms. The van der Waals surface area contributed by atoms with Gasteiger partial charge in [-0.1, -0.05) is 44.2 Å². The maximum Gasteiger partial charge on any atom is 0.408 e. The molecule has 1 aromatic rings. The summed E-state index contributed by atoms with van der Waals surface area (Å²) in [5.41, 5.74) is -2.02. The largest absolute Gasteiger partial charge is 0.444 e. The molecular weight excluding hydrogens is 502 g/mol. The Morgan fingerprint density at radius 3 is 2.38 bits per heavy atom. The molecule has 0 aromatic heterocycles. The molecule has 0 bridgehead atoms. The van der Waals surface area contributed by atoms with Gasteiger partial charge in [-0.3, -0.25) is 14.7 Å². The van der Waals surface area contributed by atoms with E-state index in [0.29, 0.717) is 25.8 Å². The van der Waals surface area contributed by atoms with Crippen molar-refractivity contribution in [2.24, 2.45) is 11.8 Å². The number of carbonyl (C=O) groups is 2. The second-order valence-electron chi connectivity index (χ2n) is 10.7. The minimum atomic E-state index is -4.91. The summed E-state index contributed by atoms with van der Waals surface area (Å²) in [6, 6.07) is 7.26. The fourth-order valence-electron chi connectivity index (χ4n) is 4.32. The summed E-state index contributed by atoms with van der Waals surface area (Å²) < 4.78 is 38.3. The van der Waals surface area contributed by atoms with E-state index < -0.39 is 57.4 Å². The van der Waals surface area contributed by atoms with Crippen molar-refractivity contribution in [2.75, 3.05) is 6.54 Å². The molecule has 0 aliphatic carbocycles. The number of hydrogen-bond donors (Lipinski definition) is 6. The van der Waals surface area contributed by atoms with Gasteiger partial charge in [-0.05, 0) is 64.0 Å². The molecule has 1 heterocycles. The van der Waals surface area contributed by atoms with Crippen LogP contribution < -0.4 is 16.0 Å². The van der Waals surface area contributed by atoms with Gasteiger partial charge in [0.15, 0.2) is 0 Å². The van der Waals surface area contributed by atoms with Crippen LogP contribution in [0.15, 0.2) is 30.3 Å². The van der Waals surface area contributed by atoms with E-state index in [-0.39, 0.29) is 18.8 Å². The van der Waals surface area contributed by atoms with Crippen LogP contribution in [0.1, 0.15) is 58.9 Å². The molecule has 1 aliphatic rings. The molecule has 1 fully saturated rings. The molecular formula is C25H41N3O8S. The monoisotopic (exact) mass is 543 g/mol. The number of carbonyl (C=O) groups excluding carboxylic acids is 2. The zero-order chi connectivity index (χ0) is 27.8. The second kappa shape index (κ2) is 13.5. The molecule has 1 aromatic carbocycles. The highest BCUT2D eigenvalue weighted by atomic mass is 32.2. The first-order valence-corrected chi connectivity index (χ1v) is 14.1. The molecule has 210 valence electrons. The fraction of sp³-hybridized carbons (Fsp3) is 0.680. The molecule has 0 spiro atoms. The first-order valence-electron chi connectivity index (χ1n) is 12.6. The molecule has 2 amide bonds. The van der Waals surface area contributed by atoms with Crippen molar-refractivity contribution in [1.29, 1.82) is 0 Å². The number of hydrogen-bond acceptors (Lipinski definition) is 8.